The summed E-state index contributed by atoms with van der Waals surface area (Å²) in [5.74, 6) is 0. The van der Waals surface area contributed by atoms with Crippen LogP contribution in [0.1, 0.15) is 54.7 Å². The summed E-state index contributed by atoms with van der Waals surface area (Å²) in [4.78, 5) is 4.09. The molecule has 1 heterocycles. The SMILES string of the molecule is C.CC.CC.CC.CNc1ccc(C)nc1.CNc1ccccc1. The summed E-state index contributed by atoms with van der Waals surface area (Å²) < 4.78 is 0. The van der Waals surface area contributed by atoms with Gasteiger partial charge in [0.2, 0.25) is 0 Å². The topological polar surface area (TPSA) is 37.0 Å². The van der Waals surface area contributed by atoms with E-state index in [1.165, 1.54) is 0 Å². The van der Waals surface area contributed by atoms with Crippen LogP contribution in [-0.4, -0.2) is 19.1 Å². The number of aromatic nitrogens is 1. The Morgan fingerprint density at radius 1 is 0.667 bits per heavy atom. The monoisotopic (exact) mass is 335 g/mol. The highest BCUT2D eigenvalue weighted by Crippen LogP contribution is 2.02. The molecule has 0 bridgehead atoms. The number of hydrogen-bond donors (Lipinski definition) is 2. The minimum atomic E-state index is 0. The van der Waals surface area contributed by atoms with Crippen LogP contribution in [0.2, 0.25) is 0 Å². The zero-order valence-corrected chi connectivity index (χ0v) is 16.6. The fraction of sp³-hybridized carbons (Fsp3) is 0.476. The summed E-state index contributed by atoms with van der Waals surface area (Å²) >= 11 is 0. The fourth-order valence-electron chi connectivity index (χ4n) is 1.22. The van der Waals surface area contributed by atoms with E-state index in [9.17, 15) is 0 Å². The average Bonchev–Trinajstić information content (AvgIpc) is 2.68. The summed E-state index contributed by atoms with van der Waals surface area (Å²) in [5.41, 5.74) is 3.27. The van der Waals surface area contributed by atoms with Crippen molar-refractivity contribution in [2.45, 2.75) is 55.9 Å². The lowest BCUT2D eigenvalue weighted by Gasteiger charge is -1.96. The number of para-hydroxylation sites is 1. The van der Waals surface area contributed by atoms with Gasteiger partial charge in [0.15, 0.2) is 0 Å². The Kier molecular flexibility index (Phi) is 32.3. The molecule has 3 nitrogen and oxygen atoms in total. The van der Waals surface area contributed by atoms with Gasteiger partial charge >= 0.3 is 0 Å². The number of pyridine rings is 1. The van der Waals surface area contributed by atoms with Crippen LogP contribution in [0.3, 0.4) is 0 Å². The smallest absolute Gasteiger partial charge is 0.0524 e. The molecule has 0 aliphatic heterocycles. The van der Waals surface area contributed by atoms with Crippen molar-refractivity contribution < 1.29 is 0 Å². The first kappa shape index (κ1) is 29.9. The largest absolute Gasteiger partial charge is 0.388 e. The highest BCUT2D eigenvalue weighted by atomic mass is 14.8. The van der Waals surface area contributed by atoms with Gasteiger partial charge in [0, 0.05) is 25.5 Å². The van der Waals surface area contributed by atoms with Crippen molar-refractivity contribution in [1.29, 1.82) is 0 Å². The molecule has 140 valence electrons. The molecule has 1 aromatic heterocycles. The molecule has 24 heavy (non-hydrogen) atoms. The summed E-state index contributed by atoms with van der Waals surface area (Å²) in [6.45, 7) is 14.0. The van der Waals surface area contributed by atoms with Gasteiger partial charge in [-0.2, -0.15) is 0 Å². The number of rotatable bonds is 2. The third-order valence-electron chi connectivity index (χ3n) is 2.26. The van der Waals surface area contributed by atoms with E-state index in [0.29, 0.717) is 0 Å². The minimum absolute atomic E-state index is 0. The van der Waals surface area contributed by atoms with Gasteiger partial charge in [-0.3, -0.25) is 4.98 Å². The van der Waals surface area contributed by atoms with Gasteiger partial charge in [0.25, 0.3) is 0 Å². The van der Waals surface area contributed by atoms with Crippen LogP contribution < -0.4 is 10.6 Å². The summed E-state index contributed by atoms with van der Waals surface area (Å²) in [5, 5.41) is 6.02. The van der Waals surface area contributed by atoms with Crippen molar-refractivity contribution in [3.63, 3.8) is 0 Å². The molecule has 0 unspecified atom stereocenters. The molecule has 0 radical (unpaired) electrons. The molecule has 0 fully saturated rings. The third-order valence-corrected chi connectivity index (χ3v) is 2.26. The fourth-order valence-corrected chi connectivity index (χ4v) is 1.22. The maximum Gasteiger partial charge on any atom is 0.0524 e. The molecular weight excluding hydrogens is 294 g/mol. The van der Waals surface area contributed by atoms with Crippen molar-refractivity contribution in [3.05, 3.63) is 54.4 Å². The Morgan fingerprint density at radius 2 is 1.12 bits per heavy atom. The van der Waals surface area contributed by atoms with E-state index in [0.717, 1.165) is 17.1 Å². The van der Waals surface area contributed by atoms with Crippen LogP contribution in [0.15, 0.2) is 48.7 Å². The van der Waals surface area contributed by atoms with Crippen LogP contribution in [0.25, 0.3) is 0 Å². The molecule has 0 amide bonds. The lowest BCUT2D eigenvalue weighted by Crippen LogP contribution is -1.88. The van der Waals surface area contributed by atoms with Crippen molar-refractivity contribution >= 4 is 11.4 Å². The van der Waals surface area contributed by atoms with Gasteiger partial charge in [-0.15, -0.1) is 0 Å². The average molecular weight is 336 g/mol. The van der Waals surface area contributed by atoms with Crippen LogP contribution in [-0.2, 0) is 0 Å². The first-order chi connectivity index (χ1) is 11.3. The van der Waals surface area contributed by atoms with E-state index < -0.39 is 0 Å². The first-order valence-electron chi connectivity index (χ1n) is 8.59. The number of aryl methyl sites for hydroxylation is 1. The Bertz CT molecular complexity index is 411. The summed E-state index contributed by atoms with van der Waals surface area (Å²) in [6, 6.07) is 14.0. The molecule has 2 N–H and O–H groups in total. The number of anilines is 2. The summed E-state index contributed by atoms with van der Waals surface area (Å²) in [6.07, 6.45) is 1.81. The van der Waals surface area contributed by atoms with Crippen molar-refractivity contribution in [2.75, 3.05) is 24.7 Å². The number of nitrogens with one attached hydrogen (secondary N) is 2. The van der Waals surface area contributed by atoms with Gasteiger partial charge in [-0.1, -0.05) is 67.2 Å². The zero-order chi connectivity index (χ0) is 18.5. The molecule has 0 spiro atoms. The van der Waals surface area contributed by atoms with E-state index in [2.05, 4.69) is 15.6 Å². The second-order valence-electron chi connectivity index (χ2n) is 3.55. The number of nitrogens with zero attached hydrogens (tertiary/aromatic N) is 1. The molecule has 0 aliphatic rings. The van der Waals surface area contributed by atoms with Gasteiger partial charge < -0.3 is 10.6 Å². The lowest BCUT2D eigenvalue weighted by atomic mass is 10.3. The van der Waals surface area contributed by atoms with E-state index >= 15 is 0 Å². The highest BCUT2D eigenvalue weighted by molar-refractivity contribution is 5.41. The van der Waals surface area contributed by atoms with Crippen molar-refractivity contribution in [2.24, 2.45) is 0 Å². The molecule has 1 aromatic carbocycles. The third kappa shape index (κ3) is 18.0. The number of benzene rings is 1. The molecular formula is C21H41N3. The van der Waals surface area contributed by atoms with E-state index in [4.69, 9.17) is 0 Å². The van der Waals surface area contributed by atoms with Crippen molar-refractivity contribution in [1.82, 2.24) is 4.98 Å². The van der Waals surface area contributed by atoms with Gasteiger partial charge in [-0.25, -0.2) is 0 Å². The second-order valence-corrected chi connectivity index (χ2v) is 3.55. The predicted octanol–water partition coefficient (Wildman–Crippen LogP) is 6.87. The lowest BCUT2D eigenvalue weighted by molar-refractivity contribution is 1.20. The normalized spacial score (nSPS) is 7.04. The van der Waals surface area contributed by atoms with Gasteiger partial charge in [0.1, 0.15) is 0 Å². The van der Waals surface area contributed by atoms with Crippen LogP contribution in [0, 0.1) is 6.92 Å². The first-order valence-corrected chi connectivity index (χ1v) is 8.59. The van der Waals surface area contributed by atoms with Crippen molar-refractivity contribution in [3.8, 4) is 0 Å². The molecule has 2 aromatic rings. The van der Waals surface area contributed by atoms with Gasteiger partial charge in [0.05, 0.1) is 11.9 Å². The van der Waals surface area contributed by atoms with Crippen LogP contribution >= 0.6 is 0 Å². The van der Waals surface area contributed by atoms with E-state index in [1.807, 2.05) is 111 Å². The molecule has 0 aliphatic carbocycles. The molecule has 3 heteroatoms. The van der Waals surface area contributed by atoms with Gasteiger partial charge in [-0.05, 0) is 31.2 Å². The molecule has 0 atom stereocenters. The summed E-state index contributed by atoms with van der Waals surface area (Å²) in [7, 11) is 3.79. The minimum Gasteiger partial charge on any atom is -0.388 e. The van der Waals surface area contributed by atoms with Crippen LogP contribution in [0.5, 0.6) is 0 Å². The molecule has 0 saturated heterocycles. The highest BCUT2D eigenvalue weighted by Gasteiger charge is 1.85. The maximum absolute atomic E-state index is 4.09. The predicted molar refractivity (Wildman–Crippen MR) is 115 cm³/mol. The number of hydrogen-bond acceptors (Lipinski definition) is 3. The Labute approximate surface area is 151 Å². The Hall–Kier alpha value is -2.03. The second kappa shape index (κ2) is 25.9. The Balaban J connectivity index is -0.000000124. The molecule has 0 saturated carbocycles. The maximum atomic E-state index is 4.09. The zero-order valence-electron chi connectivity index (χ0n) is 16.6. The van der Waals surface area contributed by atoms with E-state index in [1.54, 1.807) is 0 Å². The molecule has 2 rings (SSSR count). The van der Waals surface area contributed by atoms with Crippen LogP contribution in [0.4, 0.5) is 11.4 Å². The van der Waals surface area contributed by atoms with E-state index in [-0.39, 0.29) is 7.43 Å². The Morgan fingerprint density at radius 3 is 1.42 bits per heavy atom. The quantitative estimate of drug-likeness (QED) is 0.628. The standard InChI is InChI=1S/C7H10N2.C7H9N.3C2H6.CH4/c1-6-3-4-7(8-2)5-9-6;1-8-7-5-3-2-4-6-7;3*1-2;/h3-5,8H,1-2H3;2-6,8H,1H3;3*1-2H3;1H4.